The van der Waals surface area contributed by atoms with E-state index < -0.39 is 0 Å². The first kappa shape index (κ1) is 17.6. The van der Waals surface area contributed by atoms with Gasteiger partial charge in [0, 0.05) is 12.1 Å². The molecule has 5 nitrogen and oxygen atoms in total. The highest BCUT2D eigenvalue weighted by atomic mass is 16.2. The van der Waals surface area contributed by atoms with E-state index in [2.05, 4.69) is 17.5 Å². The van der Waals surface area contributed by atoms with Crippen LogP contribution in [0.3, 0.4) is 0 Å². The molecular formula is C25H22N2O3. The van der Waals surface area contributed by atoms with Gasteiger partial charge in [0.2, 0.25) is 11.8 Å². The van der Waals surface area contributed by atoms with E-state index in [4.69, 9.17) is 0 Å². The number of nitrogens with one attached hydrogen (secondary N) is 1. The number of imide groups is 1. The van der Waals surface area contributed by atoms with Gasteiger partial charge in [-0.3, -0.25) is 14.4 Å². The van der Waals surface area contributed by atoms with Gasteiger partial charge in [-0.1, -0.05) is 48.6 Å². The van der Waals surface area contributed by atoms with Gasteiger partial charge in [0.1, 0.15) is 0 Å². The number of amides is 3. The monoisotopic (exact) mass is 398 g/mol. The molecule has 0 spiro atoms. The molecule has 1 heterocycles. The Morgan fingerprint density at radius 1 is 0.900 bits per heavy atom. The van der Waals surface area contributed by atoms with Crippen LogP contribution in [0.15, 0.2) is 66.7 Å². The number of nitrogens with zero attached hydrogens (tertiary/aromatic N) is 1. The van der Waals surface area contributed by atoms with Gasteiger partial charge in [-0.2, -0.15) is 0 Å². The molecule has 3 amide bonds. The second kappa shape index (κ2) is 6.39. The zero-order chi connectivity index (χ0) is 20.4. The number of rotatable bonds is 4. The van der Waals surface area contributed by atoms with E-state index in [0.29, 0.717) is 29.6 Å². The van der Waals surface area contributed by atoms with Crippen molar-refractivity contribution in [1.82, 2.24) is 5.32 Å². The summed E-state index contributed by atoms with van der Waals surface area (Å²) in [5, 5.41) is 2.90. The van der Waals surface area contributed by atoms with Crippen molar-refractivity contribution >= 4 is 23.4 Å². The number of carbonyl (C=O) groups is 3. The summed E-state index contributed by atoms with van der Waals surface area (Å²) in [7, 11) is 0. The molecule has 1 saturated heterocycles. The van der Waals surface area contributed by atoms with E-state index in [0.717, 1.165) is 12.0 Å². The molecule has 30 heavy (non-hydrogen) atoms. The molecule has 2 bridgehead atoms. The fourth-order valence-corrected chi connectivity index (χ4v) is 5.88. The number of anilines is 1. The molecule has 2 aromatic rings. The number of carbonyl (C=O) groups excluding carboxylic acids is 3. The second-order valence-corrected chi connectivity index (χ2v) is 8.89. The molecule has 5 aliphatic rings. The quantitative estimate of drug-likeness (QED) is 0.635. The molecule has 5 heteroatoms. The number of hydrogen-bond acceptors (Lipinski definition) is 3. The Hall–Kier alpha value is -3.21. The predicted molar refractivity (Wildman–Crippen MR) is 111 cm³/mol. The number of hydrogen-bond donors (Lipinski definition) is 1. The summed E-state index contributed by atoms with van der Waals surface area (Å²) in [4.78, 5) is 40.5. The maximum absolute atomic E-state index is 13.3. The molecule has 3 fully saturated rings. The first-order valence-corrected chi connectivity index (χ1v) is 10.6. The van der Waals surface area contributed by atoms with Gasteiger partial charge in [-0.25, -0.2) is 4.90 Å². The molecule has 4 aliphatic carbocycles. The van der Waals surface area contributed by atoms with Crippen molar-refractivity contribution in [2.24, 2.45) is 35.5 Å². The van der Waals surface area contributed by atoms with Gasteiger partial charge < -0.3 is 5.32 Å². The molecule has 6 atom stereocenters. The third-order valence-corrected chi connectivity index (χ3v) is 7.33. The second-order valence-electron chi connectivity index (χ2n) is 8.89. The summed E-state index contributed by atoms with van der Waals surface area (Å²) in [6.45, 7) is 0.424. The summed E-state index contributed by atoms with van der Waals surface area (Å²) < 4.78 is 0. The fraction of sp³-hybridized carbons (Fsp3) is 0.320. The summed E-state index contributed by atoms with van der Waals surface area (Å²) in [5.74, 6) is 0.667. The Balaban J connectivity index is 1.24. The lowest BCUT2D eigenvalue weighted by molar-refractivity contribution is -0.124. The van der Waals surface area contributed by atoms with Crippen molar-refractivity contribution in [3.63, 3.8) is 0 Å². The van der Waals surface area contributed by atoms with Crippen LogP contribution in [0.1, 0.15) is 22.3 Å². The molecule has 2 saturated carbocycles. The SMILES string of the molecule is O=C(NCc1ccccc1)c1cccc(N2C(=O)C3C4C=CC(C5CC45)C3C2=O)c1. The highest BCUT2D eigenvalue weighted by Gasteiger charge is 2.67. The third kappa shape index (κ3) is 2.51. The summed E-state index contributed by atoms with van der Waals surface area (Å²) >= 11 is 0. The first-order chi connectivity index (χ1) is 14.6. The molecule has 150 valence electrons. The van der Waals surface area contributed by atoms with Crippen LogP contribution in [0.4, 0.5) is 5.69 Å². The van der Waals surface area contributed by atoms with Crippen LogP contribution in [0.2, 0.25) is 0 Å². The minimum absolute atomic E-state index is 0.100. The van der Waals surface area contributed by atoms with Crippen LogP contribution in [-0.4, -0.2) is 17.7 Å². The van der Waals surface area contributed by atoms with Gasteiger partial charge in [0.25, 0.3) is 5.91 Å². The highest BCUT2D eigenvalue weighted by Crippen LogP contribution is 2.65. The van der Waals surface area contributed by atoms with E-state index in [-0.39, 0.29) is 41.4 Å². The lowest BCUT2D eigenvalue weighted by Crippen LogP contribution is -2.40. The van der Waals surface area contributed by atoms with Crippen molar-refractivity contribution in [1.29, 1.82) is 0 Å². The standard InChI is InChI=1S/C25H22N2O3/c28-23(26-13-14-5-2-1-3-6-14)15-7-4-8-16(11-15)27-24(29)21-17-9-10-18(20-12-19(17)20)22(21)25(27)30/h1-11,17-22H,12-13H2,(H,26,28). The van der Waals surface area contributed by atoms with Crippen LogP contribution >= 0.6 is 0 Å². The fourth-order valence-electron chi connectivity index (χ4n) is 5.88. The third-order valence-electron chi connectivity index (χ3n) is 7.33. The molecule has 0 radical (unpaired) electrons. The zero-order valence-corrected chi connectivity index (χ0v) is 16.4. The topological polar surface area (TPSA) is 66.5 Å². The smallest absolute Gasteiger partial charge is 0.251 e. The van der Waals surface area contributed by atoms with E-state index in [9.17, 15) is 14.4 Å². The molecule has 7 rings (SSSR count). The number of allylic oxidation sites excluding steroid dienone is 2. The van der Waals surface area contributed by atoms with E-state index in [1.807, 2.05) is 30.3 Å². The largest absolute Gasteiger partial charge is 0.348 e. The average Bonchev–Trinajstić information content (AvgIpc) is 3.56. The maximum atomic E-state index is 13.3. The van der Waals surface area contributed by atoms with Gasteiger partial charge in [-0.15, -0.1) is 0 Å². The average molecular weight is 398 g/mol. The first-order valence-electron chi connectivity index (χ1n) is 10.6. The minimum Gasteiger partial charge on any atom is -0.348 e. The minimum atomic E-state index is -0.230. The molecule has 6 unspecified atom stereocenters. The summed E-state index contributed by atoms with van der Waals surface area (Å²) in [6, 6.07) is 16.5. The highest BCUT2D eigenvalue weighted by molar-refractivity contribution is 6.23. The van der Waals surface area contributed by atoms with Crippen molar-refractivity contribution in [3.05, 3.63) is 77.9 Å². The molecule has 1 N–H and O–H groups in total. The Morgan fingerprint density at radius 3 is 2.23 bits per heavy atom. The lowest BCUT2D eigenvalue weighted by atomic mass is 9.63. The van der Waals surface area contributed by atoms with Gasteiger partial charge in [0.05, 0.1) is 17.5 Å². The molecule has 0 aromatic heterocycles. The molecule has 1 aliphatic heterocycles. The van der Waals surface area contributed by atoms with Crippen LogP contribution < -0.4 is 10.2 Å². The van der Waals surface area contributed by atoms with Crippen molar-refractivity contribution in [3.8, 4) is 0 Å². The Morgan fingerprint density at radius 2 is 1.57 bits per heavy atom. The Labute approximate surface area is 174 Å². The van der Waals surface area contributed by atoms with E-state index in [1.54, 1.807) is 24.3 Å². The Kier molecular flexibility index (Phi) is 3.76. The number of benzene rings is 2. The molecule has 2 aromatic carbocycles. The maximum Gasteiger partial charge on any atom is 0.251 e. The van der Waals surface area contributed by atoms with E-state index >= 15 is 0 Å². The lowest BCUT2D eigenvalue weighted by Gasteiger charge is -2.37. The summed E-state index contributed by atoms with van der Waals surface area (Å²) in [6.07, 6.45) is 5.48. The van der Waals surface area contributed by atoms with Crippen LogP contribution in [0, 0.1) is 35.5 Å². The van der Waals surface area contributed by atoms with Gasteiger partial charge in [-0.05, 0) is 53.9 Å². The zero-order valence-electron chi connectivity index (χ0n) is 16.4. The van der Waals surface area contributed by atoms with Crippen molar-refractivity contribution in [2.75, 3.05) is 4.90 Å². The van der Waals surface area contributed by atoms with Crippen LogP contribution in [-0.2, 0) is 16.1 Å². The molecular weight excluding hydrogens is 376 g/mol. The van der Waals surface area contributed by atoms with Crippen LogP contribution in [0.5, 0.6) is 0 Å². The summed E-state index contributed by atoms with van der Waals surface area (Å²) in [5.41, 5.74) is 1.96. The Bertz CT molecular complexity index is 1060. The van der Waals surface area contributed by atoms with Crippen LogP contribution in [0.25, 0.3) is 0 Å². The normalized spacial score (nSPS) is 32.7. The van der Waals surface area contributed by atoms with E-state index in [1.165, 1.54) is 4.90 Å². The predicted octanol–water partition coefficient (Wildman–Crippen LogP) is 3.17. The van der Waals surface area contributed by atoms with Gasteiger partial charge >= 0.3 is 0 Å². The van der Waals surface area contributed by atoms with Crippen molar-refractivity contribution in [2.45, 2.75) is 13.0 Å². The van der Waals surface area contributed by atoms with Crippen molar-refractivity contribution < 1.29 is 14.4 Å². The van der Waals surface area contributed by atoms with Gasteiger partial charge in [0.15, 0.2) is 0 Å².